The maximum absolute atomic E-state index is 14.1. The Balaban J connectivity index is 2.33. The molecular weight excluding hydrogens is 305 g/mol. The number of rotatable bonds is 4. The third-order valence-corrected chi connectivity index (χ3v) is 4.86. The van der Waals surface area contributed by atoms with Gasteiger partial charge < -0.3 is 5.73 Å². The maximum Gasteiger partial charge on any atom is 0.128 e. The molecule has 19 heavy (non-hydrogen) atoms. The smallest absolute Gasteiger partial charge is 0.128 e. The second kappa shape index (κ2) is 5.92. The molecule has 1 aliphatic carbocycles. The standard InChI is InChI=1S/C16H23BrFN/c1-11(2)10-16(7-3-4-8-16)15(19)13-9-12(17)5-6-14(13)18/h5-6,9,11,15H,3-4,7-8,10,19H2,1-2H3. The van der Waals surface area contributed by atoms with E-state index in [-0.39, 0.29) is 17.3 Å². The van der Waals surface area contributed by atoms with Crippen molar-refractivity contribution in [3.8, 4) is 0 Å². The lowest BCUT2D eigenvalue weighted by atomic mass is 9.70. The zero-order valence-corrected chi connectivity index (χ0v) is 13.3. The van der Waals surface area contributed by atoms with Crippen LogP contribution in [0.5, 0.6) is 0 Å². The van der Waals surface area contributed by atoms with E-state index in [1.165, 1.54) is 18.9 Å². The van der Waals surface area contributed by atoms with Crippen LogP contribution in [0, 0.1) is 17.2 Å². The van der Waals surface area contributed by atoms with Crippen LogP contribution in [0.4, 0.5) is 4.39 Å². The Morgan fingerprint density at radius 3 is 2.53 bits per heavy atom. The van der Waals surface area contributed by atoms with Gasteiger partial charge in [-0.15, -0.1) is 0 Å². The van der Waals surface area contributed by atoms with E-state index in [1.54, 1.807) is 6.07 Å². The molecule has 2 rings (SSSR count). The van der Waals surface area contributed by atoms with Crippen LogP contribution in [0.2, 0.25) is 0 Å². The third-order valence-electron chi connectivity index (χ3n) is 4.37. The molecule has 1 aromatic carbocycles. The first-order chi connectivity index (χ1) is 8.94. The normalized spacial score (nSPS) is 19.9. The summed E-state index contributed by atoms with van der Waals surface area (Å²) in [5.74, 6) is 0.421. The van der Waals surface area contributed by atoms with Gasteiger partial charge in [-0.25, -0.2) is 4.39 Å². The topological polar surface area (TPSA) is 26.0 Å². The third kappa shape index (κ3) is 3.19. The van der Waals surface area contributed by atoms with Gasteiger partial charge in [-0.3, -0.25) is 0 Å². The summed E-state index contributed by atoms with van der Waals surface area (Å²) in [6.45, 7) is 4.45. The molecule has 0 aliphatic heterocycles. The molecule has 1 saturated carbocycles. The molecule has 1 nitrogen and oxygen atoms in total. The van der Waals surface area contributed by atoms with Crippen molar-refractivity contribution in [2.45, 2.75) is 52.0 Å². The predicted octanol–water partition coefficient (Wildman–Crippen LogP) is 5.19. The molecule has 0 radical (unpaired) electrons. The van der Waals surface area contributed by atoms with Crippen LogP contribution < -0.4 is 5.73 Å². The minimum absolute atomic E-state index is 0.0792. The number of benzene rings is 1. The zero-order valence-electron chi connectivity index (χ0n) is 11.8. The van der Waals surface area contributed by atoms with Gasteiger partial charge in [0.25, 0.3) is 0 Å². The lowest BCUT2D eigenvalue weighted by molar-refractivity contribution is 0.180. The molecule has 0 saturated heterocycles. The van der Waals surface area contributed by atoms with Crippen LogP contribution in [0.1, 0.15) is 57.6 Å². The number of hydrogen-bond donors (Lipinski definition) is 1. The number of halogens is 2. The Bertz CT molecular complexity index is 438. The van der Waals surface area contributed by atoms with Crippen molar-refractivity contribution in [3.05, 3.63) is 34.1 Å². The lowest BCUT2D eigenvalue weighted by Gasteiger charge is -2.37. The van der Waals surface area contributed by atoms with Crippen molar-refractivity contribution >= 4 is 15.9 Å². The minimum Gasteiger partial charge on any atom is -0.323 e. The second-order valence-electron chi connectivity index (χ2n) is 6.31. The first kappa shape index (κ1) is 15.0. The maximum atomic E-state index is 14.1. The SMILES string of the molecule is CC(C)CC1(C(N)c2cc(Br)ccc2F)CCCC1. The Hall–Kier alpha value is -0.410. The van der Waals surface area contributed by atoms with E-state index in [4.69, 9.17) is 5.73 Å². The molecule has 2 N–H and O–H groups in total. The zero-order chi connectivity index (χ0) is 14.0. The van der Waals surface area contributed by atoms with Gasteiger partial charge in [0.2, 0.25) is 0 Å². The van der Waals surface area contributed by atoms with Gasteiger partial charge >= 0.3 is 0 Å². The second-order valence-corrected chi connectivity index (χ2v) is 7.23. The van der Waals surface area contributed by atoms with E-state index in [2.05, 4.69) is 29.8 Å². The predicted molar refractivity (Wildman–Crippen MR) is 81.4 cm³/mol. The van der Waals surface area contributed by atoms with Crippen molar-refractivity contribution in [1.29, 1.82) is 0 Å². The summed E-state index contributed by atoms with van der Waals surface area (Å²) in [6.07, 6.45) is 5.77. The average molecular weight is 328 g/mol. The molecule has 106 valence electrons. The molecule has 1 unspecified atom stereocenters. The molecule has 1 fully saturated rings. The quantitative estimate of drug-likeness (QED) is 0.808. The molecule has 0 bridgehead atoms. The summed E-state index contributed by atoms with van der Waals surface area (Å²) in [4.78, 5) is 0. The Morgan fingerprint density at radius 2 is 1.95 bits per heavy atom. The molecule has 0 spiro atoms. The van der Waals surface area contributed by atoms with E-state index in [0.717, 1.165) is 23.7 Å². The average Bonchev–Trinajstić information content (AvgIpc) is 2.80. The lowest BCUT2D eigenvalue weighted by Crippen LogP contribution is -2.34. The Labute approximate surface area is 123 Å². The number of hydrogen-bond acceptors (Lipinski definition) is 1. The molecule has 0 aromatic heterocycles. The molecular formula is C16H23BrFN. The largest absolute Gasteiger partial charge is 0.323 e. The fourth-order valence-corrected chi connectivity index (χ4v) is 4.00. The van der Waals surface area contributed by atoms with Gasteiger partial charge in [-0.2, -0.15) is 0 Å². The van der Waals surface area contributed by atoms with Crippen molar-refractivity contribution < 1.29 is 4.39 Å². The van der Waals surface area contributed by atoms with E-state index in [0.29, 0.717) is 11.5 Å². The van der Waals surface area contributed by atoms with Gasteiger partial charge in [0, 0.05) is 16.1 Å². The molecule has 1 atom stereocenters. The highest BCUT2D eigenvalue weighted by atomic mass is 79.9. The molecule has 0 amide bonds. The monoisotopic (exact) mass is 327 g/mol. The highest BCUT2D eigenvalue weighted by molar-refractivity contribution is 9.10. The van der Waals surface area contributed by atoms with Crippen molar-refractivity contribution in [2.75, 3.05) is 0 Å². The van der Waals surface area contributed by atoms with Crippen LogP contribution in [0.25, 0.3) is 0 Å². The van der Waals surface area contributed by atoms with Crippen LogP contribution >= 0.6 is 15.9 Å². The fourth-order valence-electron chi connectivity index (χ4n) is 3.62. The summed E-state index contributed by atoms with van der Waals surface area (Å²) in [6, 6.07) is 4.89. The van der Waals surface area contributed by atoms with E-state index < -0.39 is 0 Å². The Morgan fingerprint density at radius 1 is 1.32 bits per heavy atom. The van der Waals surface area contributed by atoms with Crippen LogP contribution in [-0.4, -0.2) is 0 Å². The van der Waals surface area contributed by atoms with Gasteiger partial charge in [0.15, 0.2) is 0 Å². The molecule has 0 heterocycles. The van der Waals surface area contributed by atoms with Gasteiger partial charge in [0.1, 0.15) is 5.82 Å². The summed E-state index contributed by atoms with van der Waals surface area (Å²) >= 11 is 3.42. The van der Waals surface area contributed by atoms with E-state index >= 15 is 0 Å². The van der Waals surface area contributed by atoms with Gasteiger partial charge in [0.05, 0.1) is 0 Å². The summed E-state index contributed by atoms with van der Waals surface area (Å²) in [5, 5.41) is 0. The summed E-state index contributed by atoms with van der Waals surface area (Å²) in [5.41, 5.74) is 7.24. The molecule has 1 aliphatic rings. The first-order valence-electron chi connectivity index (χ1n) is 7.15. The number of nitrogens with two attached hydrogens (primary N) is 1. The minimum atomic E-state index is -0.199. The van der Waals surface area contributed by atoms with E-state index in [1.807, 2.05) is 6.07 Å². The highest BCUT2D eigenvalue weighted by Crippen LogP contribution is 2.51. The molecule has 3 heteroatoms. The first-order valence-corrected chi connectivity index (χ1v) is 7.94. The van der Waals surface area contributed by atoms with Crippen LogP contribution in [0.15, 0.2) is 22.7 Å². The molecule has 1 aromatic rings. The summed E-state index contributed by atoms with van der Waals surface area (Å²) < 4.78 is 15.0. The van der Waals surface area contributed by atoms with Crippen LogP contribution in [-0.2, 0) is 0 Å². The van der Waals surface area contributed by atoms with Crippen molar-refractivity contribution in [1.82, 2.24) is 0 Å². The van der Waals surface area contributed by atoms with Gasteiger partial charge in [-0.1, -0.05) is 42.6 Å². The van der Waals surface area contributed by atoms with E-state index in [9.17, 15) is 4.39 Å². The van der Waals surface area contributed by atoms with Crippen molar-refractivity contribution in [3.63, 3.8) is 0 Å². The van der Waals surface area contributed by atoms with Crippen molar-refractivity contribution in [2.24, 2.45) is 17.1 Å². The Kier molecular flexibility index (Phi) is 4.67. The van der Waals surface area contributed by atoms with Crippen LogP contribution in [0.3, 0.4) is 0 Å². The van der Waals surface area contributed by atoms with Gasteiger partial charge in [-0.05, 0) is 48.8 Å². The summed E-state index contributed by atoms with van der Waals surface area (Å²) in [7, 11) is 0. The fraction of sp³-hybridized carbons (Fsp3) is 0.625. The highest BCUT2D eigenvalue weighted by Gasteiger charge is 2.41.